The van der Waals surface area contributed by atoms with Crippen molar-refractivity contribution in [1.82, 2.24) is 10.2 Å². The summed E-state index contributed by atoms with van der Waals surface area (Å²) >= 11 is 0. The standard InChI is InChI=1S/C26H48N2O2/c1-6-14-21(7-2)27-25(30)24(20-15-10-8-11-16-20)28(22-17-12-9-13-18-22)23(29)19-26(3,4)5/h20-22,24H,6-19H2,1-5H3,(H,27,30). The van der Waals surface area contributed by atoms with Crippen molar-refractivity contribution in [3.05, 3.63) is 0 Å². The van der Waals surface area contributed by atoms with Gasteiger partial charge in [-0.3, -0.25) is 9.59 Å². The molecule has 2 fully saturated rings. The Hall–Kier alpha value is -1.06. The number of hydrogen-bond acceptors (Lipinski definition) is 2. The number of carbonyl (C=O) groups excluding carboxylic acids is 2. The number of rotatable bonds is 9. The van der Waals surface area contributed by atoms with Gasteiger partial charge in [-0.2, -0.15) is 0 Å². The van der Waals surface area contributed by atoms with Crippen molar-refractivity contribution in [3.63, 3.8) is 0 Å². The third-order valence-electron chi connectivity index (χ3n) is 7.08. The predicted octanol–water partition coefficient (Wildman–Crippen LogP) is 6.23. The molecule has 0 heterocycles. The Balaban J connectivity index is 2.34. The third kappa shape index (κ3) is 7.57. The van der Waals surface area contributed by atoms with Crippen LogP contribution in [0, 0.1) is 11.3 Å². The molecule has 1 N–H and O–H groups in total. The van der Waals surface area contributed by atoms with E-state index in [-0.39, 0.29) is 35.4 Å². The summed E-state index contributed by atoms with van der Waals surface area (Å²) in [5.74, 6) is 0.627. The van der Waals surface area contributed by atoms with Gasteiger partial charge in [-0.15, -0.1) is 0 Å². The lowest BCUT2D eigenvalue weighted by atomic mass is 9.80. The first-order chi connectivity index (χ1) is 14.3. The summed E-state index contributed by atoms with van der Waals surface area (Å²) in [6, 6.07) is 0.172. The lowest BCUT2D eigenvalue weighted by Gasteiger charge is -2.44. The Kier molecular flexibility index (Phi) is 10.2. The molecule has 2 rings (SSSR count). The van der Waals surface area contributed by atoms with Gasteiger partial charge in [-0.05, 0) is 49.9 Å². The van der Waals surface area contributed by atoms with Crippen molar-refractivity contribution in [3.8, 4) is 0 Å². The van der Waals surface area contributed by atoms with Crippen LogP contribution < -0.4 is 5.32 Å². The van der Waals surface area contributed by atoms with Gasteiger partial charge in [0.2, 0.25) is 11.8 Å². The van der Waals surface area contributed by atoms with Crippen molar-refractivity contribution >= 4 is 11.8 Å². The minimum Gasteiger partial charge on any atom is -0.352 e. The SMILES string of the molecule is CCCC(CC)NC(=O)C(C1CCCCC1)N(C(=O)CC(C)(C)C)C1CCCCC1. The van der Waals surface area contributed by atoms with Crippen LogP contribution in [0.5, 0.6) is 0 Å². The van der Waals surface area contributed by atoms with Gasteiger partial charge in [0.1, 0.15) is 6.04 Å². The number of nitrogens with one attached hydrogen (secondary N) is 1. The molecule has 174 valence electrons. The van der Waals surface area contributed by atoms with E-state index in [0.29, 0.717) is 12.3 Å². The summed E-state index contributed by atoms with van der Waals surface area (Å²) in [4.78, 5) is 29.5. The Morgan fingerprint density at radius 2 is 1.50 bits per heavy atom. The molecule has 0 aromatic carbocycles. The van der Waals surface area contributed by atoms with Gasteiger partial charge >= 0.3 is 0 Å². The second-order valence-corrected chi connectivity index (χ2v) is 11.1. The van der Waals surface area contributed by atoms with Crippen LogP contribution in [0.1, 0.15) is 125 Å². The van der Waals surface area contributed by atoms with Crippen LogP contribution in [0.25, 0.3) is 0 Å². The van der Waals surface area contributed by atoms with Gasteiger partial charge < -0.3 is 10.2 Å². The molecule has 0 spiro atoms. The Morgan fingerprint density at radius 1 is 0.933 bits per heavy atom. The van der Waals surface area contributed by atoms with Crippen LogP contribution >= 0.6 is 0 Å². The number of amides is 2. The monoisotopic (exact) mass is 420 g/mol. The van der Waals surface area contributed by atoms with Crippen molar-refractivity contribution in [2.24, 2.45) is 11.3 Å². The van der Waals surface area contributed by atoms with E-state index < -0.39 is 0 Å². The van der Waals surface area contributed by atoms with Crippen LogP contribution in [0.4, 0.5) is 0 Å². The van der Waals surface area contributed by atoms with Gasteiger partial charge in [0, 0.05) is 18.5 Å². The van der Waals surface area contributed by atoms with Crippen molar-refractivity contribution in [2.75, 3.05) is 0 Å². The Morgan fingerprint density at radius 3 is 2.00 bits per heavy atom. The van der Waals surface area contributed by atoms with Crippen molar-refractivity contribution in [2.45, 2.75) is 143 Å². The van der Waals surface area contributed by atoms with Gasteiger partial charge in [0.05, 0.1) is 0 Å². The van der Waals surface area contributed by atoms with Crippen LogP contribution in [0.2, 0.25) is 0 Å². The zero-order valence-electron chi connectivity index (χ0n) is 20.5. The molecule has 2 atom stereocenters. The fourth-order valence-corrected chi connectivity index (χ4v) is 5.52. The maximum Gasteiger partial charge on any atom is 0.243 e. The highest BCUT2D eigenvalue weighted by Gasteiger charge is 2.41. The zero-order chi connectivity index (χ0) is 22.1. The van der Waals surface area contributed by atoms with Crippen molar-refractivity contribution in [1.29, 1.82) is 0 Å². The molecule has 30 heavy (non-hydrogen) atoms. The average molecular weight is 421 g/mol. The van der Waals surface area contributed by atoms with Crippen LogP contribution in [0.3, 0.4) is 0 Å². The molecule has 4 heteroatoms. The summed E-state index contributed by atoms with van der Waals surface area (Å²) in [5.41, 5.74) is -0.0637. The average Bonchev–Trinajstić information content (AvgIpc) is 2.71. The molecule has 2 aliphatic carbocycles. The lowest BCUT2D eigenvalue weighted by molar-refractivity contribution is -0.149. The summed E-state index contributed by atoms with van der Waals surface area (Å²) < 4.78 is 0. The third-order valence-corrected chi connectivity index (χ3v) is 7.08. The minimum absolute atomic E-state index is 0.0637. The molecule has 2 amide bonds. The second kappa shape index (κ2) is 12.1. The molecule has 4 nitrogen and oxygen atoms in total. The zero-order valence-corrected chi connectivity index (χ0v) is 20.5. The number of hydrogen-bond donors (Lipinski definition) is 1. The highest BCUT2D eigenvalue weighted by atomic mass is 16.2. The highest BCUT2D eigenvalue weighted by Crippen LogP contribution is 2.35. The smallest absolute Gasteiger partial charge is 0.243 e. The first kappa shape index (κ1) is 25.2. The summed E-state index contributed by atoms with van der Waals surface area (Å²) in [7, 11) is 0. The van der Waals surface area contributed by atoms with Gasteiger partial charge in [-0.1, -0.05) is 79.6 Å². The molecule has 2 aliphatic rings. The molecular weight excluding hydrogens is 372 g/mol. The molecule has 0 aliphatic heterocycles. The van der Waals surface area contributed by atoms with Crippen LogP contribution in [-0.2, 0) is 9.59 Å². The minimum atomic E-state index is -0.283. The molecule has 2 unspecified atom stereocenters. The molecular formula is C26H48N2O2. The molecule has 0 aromatic rings. The quantitative estimate of drug-likeness (QED) is 0.481. The van der Waals surface area contributed by atoms with E-state index in [1.165, 1.54) is 38.5 Å². The molecule has 0 radical (unpaired) electrons. The fraction of sp³-hybridized carbons (Fsp3) is 0.923. The Labute approximate surface area is 185 Å². The van der Waals surface area contributed by atoms with Crippen molar-refractivity contribution < 1.29 is 9.59 Å². The van der Waals surface area contributed by atoms with Crippen LogP contribution in [-0.4, -0.2) is 34.8 Å². The molecule has 0 aromatic heterocycles. The second-order valence-electron chi connectivity index (χ2n) is 11.1. The first-order valence-corrected chi connectivity index (χ1v) is 12.9. The van der Waals surface area contributed by atoms with E-state index in [0.717, 1.165) is 44.9 Å². The van der Waals surface area contributed by atoms with E-state index in [4.69, 9.17) is 0 Å². The van der Waals surface area contributed by atoms with E-state index in [9.17, 15) is 9.59 Å². The van der Waals surface area contributed by atoms with E-state index in [2.05, 4.69) is 44.8 Å². The molecule has 0 bridgehead atoms. The number of nitrogens with zero attached hydrogens (tertiary/aromatic N) is 1. The van der Waals surface area contributed by atoms with Crippen LogP contribution in [0.15, 0.2) is 0 Å². The highest BCUT2D eigenvalue weighted by molar-refractivity contribution is 5.88. The topological polar surface area (TPSA) is 49.4 Å². The van der Waals surface area contributed by atoms with Gasteiger partial charge in [-0.25, -0.2) is 0 Å². The maximum absolute atomic E-state index is 13.7. The predicted molar refractivity (Wildman–Crippen MR) is 125 cm³/mol. The number of carbonyl (C=O) groups is 2. The lowest BCUT2D eigenvalue weighted by Crippen LogP contribution is -2.59. The normalized spacial score (nSPS) is 21.1. The largest absolute Gasteiger partial charge is 0.352 e. The summed E-state index contributed by atoms with van der Waals surface area (Å²) in [6.07, 6.45) is 15.1. The summed E-state index contributed by atoms with van der Waals surface area (Å²) in [6.45, 7) is 10.7. The first-order valence-electron chi connectivity index (χ1n) is 12.9. The molecule has 2 saturated carbocycles. The Bertz CT molecular complexity index is 528. The molecule has 0 saturated heterocycles. The van der Waals surface area contributed by atoms with E-state index in [1.54, 1.807) is 0 Å². The summed E-state index contributed by atoms with van der Waals surface area (Å²) in [5, 5.41) is 3.37. The van der Waals surface area contributed by atoms with Gasteiger partial charge in [0.25, 0.3) is 0 Å². The van der Waals surface area contributed by atoms with E-state index >= 15 is 0 Å². The van der Waals surface area contributed by atoms with E-state index in [1.807, 2.05) is 0 Å². The maximum atomic E-state index is 13.7. The van der Waals surface area contributed by atoms with Gasteiger partial charge in [0.15, 0.2) is 0 Å². The fourth-order valence-electron chi connectivity index (χ4n) is 5.52.